The quantitative estimate of drug-likeness (QED) is 0.546. The molecule has 0 aliphatic carbocycles. The van der Waals surface area contributed by atoms with Crippen molar-refractivity contribution in [3.8, 4) is 10.7 Å². The number of fused-ring (bicyclic) bond motifs is 1. The summed E-state index contributed by atoms with van der Waals surface area (Å²) in [6.07, 6.45) is 0. The van der Waals surface area contributed by atoms with Gasteiger partial charge in [-0.15, -0.1) is 11.3 Å². The second-order valence-corrected chi connectivity index (χ2v) is 5.26. The van der Waals surface area contributed by atoms with Crippen LogP contribution in [-0.2, 0) is 0 Å². The number of rotatable bonds is 2. The summed E-state index contributed by atoms with van der Waals surface area (Å²) in [6.45, 7) is 2.07. The number of nitrogen functional groups attached to an aromatic ring is 1. The molecule has 3 N–H and O–H groups in total. The molecule has 0 bridgehead atoms. The summed E-state index contributed by atoms with van der Waals surface area (Å²) in [5, 5.41) is 0.928. The average molecular weight is 256 g/mol. The number of anilines is 1. The van der Waals surface area contributed by atoms with Crippen molar-refractivity contribution in [2.45, 2.75) is 6.92 Å². The molecule has 2 aromatic heterocycles. The average Bonchev–Trinajstić information content (AvgIpc) is 2.84. The predicted octanol–water partition coefficient (Wildman–Crippen LogP) is 2.95. The van der Waals surface area contributed by atoms with Crippen molar-refractivity contribution in [2.75, 3.05) is 5.43 Å². The molecule has 0 unspecified atom stereocenters. The minimum absolute atomic E-state index is 0.654. The Bertz CT molecular complexity index is 705. The Balaban J connectivity index is 2.25. The molecule has 0 fully saturated rings. The molecule has 1 aromatic carbocycles. The number of aryl methyl sites for hydroxylation is 1. The maximum Gasteiger partial charge on any atom is 0.172 e. The number of hydrazine groups is 1. The van der Waals surface area contributed by atoms with E-state index in [2.05, 4.69) is 28.4 Å². The van der Waals surface area contributed by atoms with E-state index in [9.17, 15) is 0 Å². The van der Waals surface area contributed by atoms with Crippen LogP contribution in [-0.4, -0.2) is 9.97 Å². The number of hydrogen-bond acceptors (Lipinski definition) is 5. The van der Waals surface area contributed by atoms with Crippen LogP contribution in [0.3, 0.4) is 0 Å². The number of thiophene rings is 1. The highest BCUT2D eigenvalue weighted by Crippen LogP contribution is 2.28. The lowest BCUT2D eigenvalue weighted by Crippen LogP contribution is -2.10. The molecule has 2 heterocycles. The molecule has 3 rings (SSSR count). The fourth-order valence-corrected chi connectivity index (χ4v) is 2.65. The molecular weight excluding hydrogens is 244 g/mol. The van der Waals surface area contributed by atoms with Crippen LogP contribution in [0.25, 0.3) is 21.6 Å². The number of para-hydroxylation sites is 1. The Morgan fingerprint density at radius 3 is 2.67 bits per heavy atom. The van der Waals surface area contributed by atoms with Crippen LogP contribution < -0.4 is 11.3 Å². The zero-order valence-corrected chi connectivity index (χ0v) is 10.7. The molecule has 0 saturated heterocycles. The second-order valence-electron chi connectivity index (χ2n) is 3.97. The van der Waals surface area contributed by atoms with Gasteiger partial charge in [-0.2, -0.15) is 0 Å². The van der Waals surface area contributed by atoms with Crippen LogP contribution in [0.4, 0.5) is 5.82 Å². The molecule has 0 aliphatic rings. The van der Waals surface area contributed by atoms with Gasteiger partial charge < -0.3 is 5.43 Å². The predicted molar refractivity (Wildman–Crippen MR) is 75.4 cm³/mol. The van der Waals surface area contributed by atoms with E-state index >= 15 is 0 Å². The van der Waals surface area contributed by atoms with Gasteiger partial charge in [-0.05, 0) is 31.2 Å². The number of nitrogens with zero attached hydrogens (tertiary/aromatic N) is 2. The maximum absolute atomic E-state index is 5.53. The normalized spacial score (nSPS) is 10.8. The topological polar surface area (TPSA) is 63.8 Å². The van der Waals surface area contributed by atoms with Crippen molar-refractivity contribution in [3.05, 3.63) is 41.3 Å². The van der Waals surface area contributed by atoms with E-state index in [1.807, 2.05) is 30.3 Å². The van der Waals surface area contributed by atoms with Crippen molar-refractivity contribution in [1.29, 1.82) is 0 Å². The first-order valence-electron chi connectivity index (χ1n) is 5.58. The molecule has 0 amide bonds. The second kappa shape index (κ2) is 4.36. The van der Waals surface area contributed by atoms with Gasteiger partial charge in [0.1, 0.15) is 0 Å². The number of aromatic nitrogens is 2. The first-order chi connectivity index (χ1) is 8.78. The SMILES string of the molecule is Cc1ccc(-c2nc(NN)c3ccccc3n2)s1. The Morgan fingerprint density at radius 1 is 1.11 bits per heavy atom. The van der Waals surface area contributed by atoms with E-state index in [0.29, 0.717) is 11.6 Å². The van der Waals surface area contributed by atoms with Crippen LogP contribution in [0, 0.1) is 6.92 Å². The smallest absolute Gasteiger partial charge is 0.172 e. The van der Waals surface area contributed by atoms with Crippen molar-refractivity contribution >= 4 is 28.1 Å². The van der Waals surface area contributed by atoms with E-state index in [1.54, 1.807) is 11.3 Å². The highest BCUT2D eigenvalue weighted by Gasteiger charge is 2.09. The lowest BCUT2D eigenvalue weighted by atomic mass is 10.2. The lowest BCUT2D eigenvalue weighted by Gasteiger charge is -2.06. The monoisotopic (exact) mass is 256 g/mol. The minimum atomic E-state index is 0.654. The molecule has 0 atom stereocenters. The Hall–Kier alpha value is -1.98. The number of nitrogens with two attached hydrogens (primary N) is 1. The summed E-state index contributed by atoms with van der Waals surface area (Å²) < 4.78 is 0. The van der Waals surface area contributed by atoms with Gasteiger partial charge in [0.2, 0.25) is 0 Å². The fourth-order valence-electron chi connectivity index (χ4n) is 1.85. The van der Waals surface area contributed by atoms with E-state index in [1.165, 1.54) is 4.88 Å². The van der Waals surface area contributed by atoms with Crippen molar-refractivity contribution < 1.29 is 0 Å². The van der Waals surface area contributed by atoms with E-state index in [4.69, 9.17) is 5.84 Å². The Kier molecular flexibility index (Phi) is 2.70. The summed E-state index contributed by atoms with van der Waals surface area (Å²) >= 11 is 1.67. The van der Waals surface area contributed by atoms with Crippen LogP contribution in [0.5, 0.6) is 0 Å². The largest absolute Gasteiger partial charge is 0.308 e. The third-order valence-electron chi connectivity index (χ3n) is 2.70. The van der Waals surface area contributed by atoms with Gasteiger partial charge in [-0.3, -0.25) is 0 Å². The van der Waals surface area contributed by atoms with Gasteiger partial charge in [0, 0.05) is 10.3 Å². The Morgan fingerprint density at radius 2 is 1.94 bits per heavy atom. The number of hydrogen-bond donors (Lipinski definition) is 2. The molecule has 4 nitrogen and oxygen atoms in total. The van der Waals surface area contributed by atoms with Crippen molar-refractivity contribution in [1.82, 2.24) is 9.97 Å². The van der Waals surface area contributed by atoms with Crippen LogP contribution in [0.15, 0.2) is 36.4 Å². The van der Waals surface area contributed by atoms with Gasteiger partial charge in [-0.25, -0.2) is 15.8 Å². The summed E-state index contributed by atoms with van der Waals surface area (Å²) in [4.78, 5) is 11.3. The lowest BCUT2D eigenvalue weighted by molar-refractivity contribution is 1.19. The third kappa shape index (κ3) is 1.83. The van der Waals surface area contributed by atoms with Gasteiger partial charge in [0.05, 0.1) is 10.4 Å². The molecule has 0 radical (unpaired) electrons. The standard InChI is InChI=1S/C13H12N4S/c1-8-6-7-11(18-8)13-15-10-5-3-2-4-9(10)12(16-13)17-14/h2-7H,14H2,1H3,(H,15,16,17). The summed E-state index contributed by atoms with van der Waals surface area (Å²) in [7, 11) is 0. The summed E-state index contributed by atoms with van der Waals surface area (Å²) in [5.74, 6) is 6.89. The van der Waals surface area contributed by atoms with E-state index < -0.39 is 0 Å². The zero-order chi connectivity index (χ0) is 12.5. The van der Waals surface area contributed by atoms with Crippen molar-refractivity contribution in [3.63, 3.8) is 0 Å². The Labute approximate surface area is 108 Å². The summed E-state index contributed by atoms with van der Waals surface area (Å²) in [5.41, 5.74) is 3.53. The molecule has 5 heteroatoms. The first kappa shape index (κ1) is 11.1. The molecule has 3 aromatic rings. The molecule has 0 saturated carbocycles. The van der Waals surface area contributed by atoms with Crippen LogP contribution in [0.1, 0.15) is 4.88 Å². The summed E-state index contributed by atoms with van der Waals surface area (Å²) in [6, 6.07) is 11.9. The molecular formula is C13H12N4S. The molecule has 0 aliphatic heterocycles. The van der Waals surface area contributed by atoms with Gasteiger partial charge in [-0.1, -0.05) is 12.1 Å². The highest BCUT2D eigenvalue weighted by atomic mass is 32.1. The van der Waals surface area contributed by atoms with Gasteiger partial charge in [0.15, 0.2) is 11.6 Å². The van der Waals surface area contributed by atoms with E-state index in [0.717, 1.165) is 15.8 Å². The van der Waals surface area contributed by atoms with Crippen LogP contribution in [0.2, 0.25) is 0 Å². The van der Waals surface area contributed by atoms with Gasteiger partial charge in [0.25, 0.3) is 0 Å². The van der Waals surface area contributed by atoms with Gasteiger partial charge >= 0.3 is 0 Å². The highest BCUT2D eigenvalue weighted by molar-refractivity contribution is 7.15. The maximum atomic E-state index is 5.53. The van der Waals surface area contributed by atoms with Crippen molar-refractivity contribution in [2.24, 2.45) is 5.84 Å². The van der Waals surface area contributed by atoms with E-state index in [-0.39, 0.29) is 0 Å². The first-order valence-corrected chi connectivity index (χ1v) is 6.40. The minimum Gasteiger partial charge on any atom is -0.308 e. The number of benzene rings is 1. The number of nitrogens with one attached hydrogen (secondary N) is 1. The third-order valence-corrected chi connectivity index (χ3v) is 3.70. The molecule has 0 spiro atoms. The molecule has 18 heavy (non-hydrogen) atoms. The van der Waals surface area contributed by atoms with Crippen LogP contribution >= 0.6 is 11.3 Å². The fraction of sp³-hybridized carbons (Fsp3) is 0.0769. The zero-order valence-electron chi connectivity index (χ0n) is 9.84. The molecule has 90 valence electrons.